The monoisotopic (exact) mass is 314 g/mol. The van der Waals surface area contributed by atoms with Crippen LogP contribution in [0.5, 0.6) is 5.75 Å². The van der Waals surface area contributed by atoms with Crippen molar-refractivity contribution in [1.29, 1.82) is 0 Å². The van der Waals surface area contributed by atoms with Crippen molar-refractivity contribution in [1.82, 2.24) is 9.55 Å². The zero-order chi connectivity index (χ0) is 16.4. The molecule has 0 spiro atoms. The van der Waals surface area contributed by atoms with Crippen LogP contribution in [0.3, 0.4) is 0 Å². The van der Waals surface area contributed by atoms with E-state index in [-0.39, 0.29) is 7.69 Å². The van der Waals surface area contributed by atoms with Gasteiger partial charge in [0, 0.05) is 11.3 Å². The fourth-order valence-electron chi connectivity index (χ4n) is 2.83. The van der Waals surface area contributed by atoms with Crippen LogP contribution in [0, 0.1) is 0 Å². The third kappa shape index (κ3) is 2.55. The molecule has 0 amide bonds. The van der Waals surface area contributed by atoms with Crippen LogP contribution in [0.4, 0.5) is 0 Å². The number of nitrogens with zero attached hydrogens (tertiary/aromatic N) is 2. The summed E-state index contributed by atoms with van der Waals surface area (Å²) < 4.78 is 7.25. The molecule has 1 aromatic heterocycles. The number of fused-ring (bicyclic) bond motifs is 1. The number of benzene rings is 3. The summed E-state index contributed by atoms with van der Waals surface area (Å²) in [5.74, 6) is 1.50. The van der Waals surface area contributed by atoms with E-state index in [0.717, 1.165) is 28.1 Å². The molecule has 0 fully saturated rings. The summed E-state index contributed by atoms with van der Waals surface area (Å²) >= 11 is 0. The second-order valence-electron chi connectivity index (χ2n) is 5.39. The molecule has 0 aliphatic carbocycles. The summed E-state index contributed by atoms with van der Waals surface area (Å²) in [6.45, 7) is 0. The summed E-state index contributed by atoms with van der Waals surface area (Å²) in [6, 6.07) is 25.8. The number of rotatable bonds is 4. The first-order chi connectivity index (χ1) is 11.9. The van der Waals surface area contributed by atoms with Gasteiger partial charge >= 0.3 is 7.69 Å². The van der Waals surface area contributed by atoms with Crippen LogP contribution in [0.15, 0.2) is 78.9 Å². The Morgan fingerprint density at radius 1 is 0.833 bits per heavy atom. The van der Waals surface area contributed by atoms with E-state index in [4.69, 9.17) is 14.7 Å². The van der Waals surface area contributed by atoms with E-state index in [1.54, 1.807) is 0 Å². The lowest BCUT2D eigenvalue weighted by Crippen LogP contribution is -2.00. The average molecular weight is 314 g/mol. The highest BCUT2D eigenvalue weighted by Gasteiger charge is 2.13. The van der Waals surface area contributed by atoms with Gasteiger partial charge in [-0.25, -0.2) is 4.98 Å². The van der Waals surface area contributed by atoms with Gasteiger partial charge in [0.25, 0.3) is 0 Å². The number of hydrogen-bond acceptors (Lipinski definition) is 3. The van der Waals surface area contributed by atoms with Crippen LogP contribution in [0.2, 0.25) is 0 Å². The number of hydrogen-bond donors (Lipinski definition) is 1. The van der Waals surface area contributed by atoms with Gasteiger partial charge in [0.05, 0.1) is 11.0 Å². The molecule has 0 saturated carbocycles. The topological polar surface area (TPSA) is 47.3 Å². The van der Waals surface area contributed by atoms with Crippen LogP contribution >= 0.6 is 0 Å². The Morgan fingerprint density at radius 3 is 2.29 bits per heavy atom. The fraction of sp³-hybridized carbons (Fsp3) is 0. The van der Waals surface area contributed by atoms with E-state index in [1.807, 2.05) is 60.7 Å². The predicted molar refractivity (Wildman–Crippen MR) is 96.5 cm³/mol. The Balaban J connectivity index is 1.91. The standard InChI is InChI=1S/C19H15BN2O2/c23-20-24-16-12-10-14(11-13-16)19-21-17-8-4-5-9-18(17)22(19)15-6-2-1-3-7-15/h1-13,20,23H. The normalized spacial score (nSPS) is 10.7. The van der Waals surface area contributed by atoms with Gasteiger partial charge in [0.1, 0.15) is 11.6 Å². The lowest BCUT2D eigenvalue weighted by atomic mass is 10.2. The SMILES string of the molecule is OBOc1ccc(-c2nc3ccccc3n2-c2ccccc2)cc1. The Morgan fingerprint density at radius 2 is 1.54 bits per heavy atom. The minimum atomic E-state index is -0.331. The minimum absolute atomic E-state index is 0.331. The van der Waals surface area contributed by atoms with Gasteiger partial charge in [0.2, 0.25) is 0 Å². The molecule has 0 atom stereocenters. The van der Waals surface area contributed by atoms with E-state index in [1.165, 1.54) is 0 Å². The second-order valence-corrected chi connectivity index (χ2v) is 5.39. The largest absolute Gasteiger partial charge is 0.539 e. The van der Waals surface area contributed by atoms with Crippen LogP contribution in [0.25, 0.3) is 28.1 Å². The van der Waals surface area contributed by atoms with Crippen LogP contribution in [0.1, 0.15) is 0 Å². The molecule has 0 saturated heterocycles. The van der Waals surface area contributed by atoms with E-state index in [2.05, 4.69) is 22.8 Å². The van der Waals surface area contributed by atoms with Crippen molar-refractivity contribution in [3.8, 4) is 22.8 Å². The molecule has 5 heteroatoms. The second kappa shape index (κ2) is 6.22. The van der Waals surface area contributed by atoms with Crippen molar-refractivity contribution in [2.75, 3.05) is 0 Å². The molecular weight excluding hydrogens is 299 g/mol. The maximum atomic E-state index is 8.86. The maximum Gasteiger partial charge on any atom is 0.504 e. The van der Waals surface area contributed by atoms with Gasteiger partial charge in [-0.2, -0.15) is 0 Å². The smallest absolute Gasteiger partial charge is 0.504 e. The van der Waals surface area contributed by atoms with Crippen molar-refractivity contribution in [3.63, 3.8) is 0 Å². The lowest BCUT2D eigenvalue weighted by Gasteiger charge is -2.10. The molecule has 1 heterocycles. The van der Waals surface area contributed by atoms with Gasteiger partial charge in [-0.1, -0.05) is 30.3 Å². The molecule has 4 rings (SSSR count). The highest BCUT2D eigenvalue weighted by Crippen LogP contribution is 2.29. The van der Waals surface area contributed by atoms with Crippen molar-refractivity contribution in [3.05, 3.63) is 78.9 Å². The van der Waals surface area contributed by atoms with Gasteiger partial charge in [-0.05, 0) is 48.5 Å². The molecule has 4 nitrogen and oxygen atoms in total. The fourth-order valence-corrected chi connectivity index (χ4v) is 2.83. The van der Waals surface area contributed by atoms with Crippen molar-refractivity contribution < 1.29 is 9.68 Å². The Bertz CT molecular complexity index is 966. The summed E-state index contributed by atoms with van der Waals surface area (Å²) in [7, 11) is -0.331. The zero-order valence-electron chi connectivity index (χ0n) is 13.0. The molecule has 0 bridgehead atoms. The van der Waals surface area contributed by atoms with E-state index in [0.29, 0.717) is 5.75 Å². The van der Waals surface area contributed by atoms with Crippen molar-refractivity contribution >= 4 is 18.7 Å². The lowest BCUT2D eigenvalue weighted by molar-refractivity contribution is 0.454. The van der Waals surface area contributed by atoms with Crippen LogP contribution in [-0.4, -0.2) is 22.3 Å². The molecule has 4 aromatic rings. The number of para-hydroxylation sites is 3. The number of aromatic nitrogens is 2. The Kier molecular flexibility index (Phi) is 3.77. The predicted octanol–water partition coefficient (Wildman–Crippen LogP) is 3.33. The third-order valence-electron chi connectivity index (χ3n) is 3.92. The molecule has 0 radical (unpaired) electrons. The molecular formula is C19H15BN2O2. The van der Waals surface area contributed by atoms with Crippen molar-refractivity contribution in [2.24, 2.45) is 0 Å². The molecule has 24 heavy (non-hydrogen) atoms. The molecule has 1 N–H and O–H groups in total. The minimum Gasteiger partial charge on any atom is -0.539 e. The molecule has 0 aliphatic rings. The van der Waals surface area contributed by atoms with Crippen LogP contribution < -0.4 is 4.65 Å². The quantitative estimate of drug-likeness (QED) is 0.588. The number of imidazole rings is 1. The van der Waals surface area contributed by atoms with E-state index < -0.39 is 0 Å². The first-order valence-electron chi connectivity index (χ1n) is 7.74. The van der Waals surface area contributed by atoms with Crippen molar-refractivity contribution in [2.45, 2.75) is 0 Å². The van der Waals surface area contributed by atoms with Gasteiger partial charge in [-0.15, -0.1) is 0 Å². The molecule has 0 unspecified atom stereocenters. The van der Waals surface area contributed by atoms with E-state index >= 15 is 0 Å². The Hall–Kier alpha value is -3.05. The van der Waals surface area contributed by atoms with Gasteiger partial charge in [0.15, 0.2) is 0 Å². The summed E-state index contributed by atoms with van der Waals surface area (Å²) in [4.78, 5) is 4.81. The summed E-state index contributed by atoms with van der Waals surface area (Å²) in [5.41, 5.74) is 4.07. The molecule has 0 aliphatic heterocycles. The third-order valence-corrected chi connectivity index (χ3v) is 3.92. The molecule has 3 aromatic carbocycles. The van der Waals surface area contributed by atoms with E-state index in [9.17, 15) is 0 Å². The van der Waals surface area contributed by atoms with Crippen LogP contribution in [-0.2, 0) is 0 Å². The highest BCUT2D eigenvalue weighted by molar-refractivity contribution is 6.17. The first-order valence-corrected chi connectivity index (χ1v) is 7.74. The van der Waals surface area contributed by atoms with Gasteiger partial charge in [-0.3, -0.25) is 4.57 Å². The average Bonchev–Trinajstić information content (AvgIpc) is 3.03. The zero-order valence-corrected chi connectivity index (χ0v) is 13.0. The summed E-state index contributed by atoms with van der Waals surface area (Å²) in [5, 5.41) is 8.86. The summed E-state index contributed by atoms with van der Waals surface area (Å²) in [6.07, 6.45) is 0. The Labute approximate surface area is 140 Å². The van der Waals surface area contributed by atoms with Gasteiger partial charge < -0.3 is 9.68 Å². The molecule has 116 valence electrons. The first kappa shape index (κ1) is 14.5. The maximum absolute atomic E-state index is 8.86. The highest BCUT2D eigenvalue weighted by atomic mass is 16.5.